The summed E-state index contributed by atoms with van der Waals surface area (Å²) in [5, 5.41) is 3.31. The van der Waals surface area contributed by atoms with Gasteiger partial charge in [0.2, 0.25) is 0 Å². The van der Waals surface area contributed by atoms with Gasteiger partial charge in [-0.2, -0.15) is 0 Å². The van der Waals surface area contributed by atoms with E-state index in [1.807, 2.05) is 39.0 Å². The van der Waals surface area contributed by atoms with Crippen molar-refractivity contribution in [3.05, 3.63) is 118 Å². The number of ether oxygens (including phenoxy) is 1. The van der Waals surface area contributed by atoms with Crippen LogP contribution < -0.4 is 10.2 Å². The quantitative estimate of drug-likeness (QED) is 0.257. The zero-order valence-electron chi connectivity index (χ0n) is 28.3. The van der Waals surface area contributed by atoms with Gasteiger partial charge >= 0.3 is 6.09 Å². The van der Waals surface area contributed by atoms with Crippen molar-refractivity contribution in [3.63, 3.8) is 0 Å². The molecule has 1 atom stereocenters. The molecule has 50 heavy (non-hydrogen) atoms. The van der Waals surface area contributed by atoms with Gasteiger partial charge in [-0.3, -0.25) is 19.4 Å². The Bertz CT molecular complexity index is 1870. The van der Waals surface area contributed by atoms with E-state index < -0.39 is 11.6 Å². The second-order valence-corrected chi connectivity index (χ2v) is 13.9. The fraction of sp³-hybridized carbons (Fsp3) is 0.316. The van der Waals surface area contributed by atoms with E-state index in [9.17, 15) is 19.2 Å². The number of pyridine rings is 2. The number of Topliss-reactive ketones (excluding diaryl/α,β-unsaturated/α-hetero) is 1. The highest BCUT2D eigenvalue weighted by Gasteiger charge is 2.36. The molecule has 0 spiro atoms. The van der Waals surface area contributed by atoms with Crippen LogP contribution >= 0.6 is 11.6 Å². The highest BCUT2D eigenvalue weighted by atomic mass is 35.5. The second-order valence-electron chi connectivity index (χ2n) is 13.4. The summed E-state index contributed by atoms with van der Waals surface area (Å²) in [5.41, 5.74) is 3.30. The molecule has 0 unspecified atom stereocenters. The molecule has 258 valence electrons. The van der Waals surface area contributed by atoms with Crippen molar-refractivity contribution in [2.45, 2.75) is 51.8 Å². The number of benzene rings is 2. The van der Waals surface area contributed by atoms with E-state index >= 15 is 0 Å². The molecule has 12 heteroatoms. The Morgan fingerprint density at radius 3 is 2.36 bits per heavy atom. The summed E-state index contributed by atoms with van der Waals surface area (Å²) < 4.78 is 5.48. The van der Waals surface area contributed by atoms with Gasteiger partial charge in [-0.15, -0.1) is 0 Å². The molecule has 2 aromatic heterocycles. The molecule has 4 heterocycles. The van der Waals surface area contributed by atoms with Crippen LogP contribution in [0.2, 0.25) is 5.02 Å². The van der Waals surface area contributed by atoms with Crippen molar-refractivity contribution < 1.29 is 23.9 Å². The van der Waals surface area contributed by atoms with E-state index in [0.29, 0.717) is 59.4 Å². The molecule has 0 radical (unpaired) electrons. The predicted molar refractivity (Wildman–Crippen MR) is 190 cm³/mol. The number of carbonyl (C=O) groups excluding carboxylic acids is 4. The lowest BCUT2D eigenvalue weighted by Crippen LogP contribution is -2.50. The number of rotatable bonds is 7. The van der Waals surface area contributed by atoms with Gasteiger partial charge in [-0.25, -0.2) is 9.78 Å². The molecule has 1 fully saturated rings. The Labute approximate surface area is 296 Å². The van der Waals surface area contributed by atoms with Crippen LogP contribution in [-0.2, 0) is 28.9 Å². The number of fused-ring (bicyclic) bond motifs is 1. The number of piperazine rings is 1. The number of ketones is 1. The van der Waals surface area contributed by atoms with Gasteiger partial charge in [-0.1, -0.05) is 29.8 Å². The Morgan fingerprint density at radius 2 is 1.70 bits per heavy atom. The minimum Gasteiger partial charge on any atom is -0.444 e. The lowest BCUT2D eigenvalue weighted by molar-refractivity contribution is -0.122. The summed E-state index contributed by atoms with van der Waals surface area (Å²) in [6, 6.07) is 20.4. The van der Waals surface area contributed by atoms with Crippen LogP contribution in [0.4, 0.5) is 16.3 Å². The third-order valence-corrected chi connectivity index (χ3v) is 8.89. The molecule has 2 aliphatic heterocycles. The van der Waals surface area contributed by atoms with Crippen LogP contribution in [0.5, 0.6) is 0 Å². The summed E-state index contributed by atoms with van der Waals surface area (Å²) >= 11 is 6.22. The summed E-state index contributed by atoms with van der Waals surface area (Å²) in [4.78, 5) is 67.3. The lowest BCUT2D eigenvalue weighted by Gasteiger charge is -2.36. The van der Waals surface area contributed by atoms with Gasteiger partial charge in [0.05, 0.1) is 17.9 Å². The number of nitrogens with one attached hydrogen (secondary N) is 1. The third-order valence-electron chi connectivity index (χ3n) is 8.65. The van der Waals surface area contributed by atoms with Gasteiger partial charge in [-0.05, 0) is 86.5 Å². The van der Waals surface area contributed by atoms with Gasteiger partial charge in [0.25, 0.3) is 11.8 Å². The monoisotopic (exact) mass is 694 g/mol. The predicted octanol–water partition coefficient (Wildman–Crippen LogP) is 5.82. The van der Waals surface area contributed by atoms with E-state index in [1.165, 1.54) is 0 Å². The molecule has 2 aliphatic rings. The molecule has 6 rings (SSSR count). The van der Waals surface area contributed by atoms with E-state index in [1.54, 1.807) is 76.8 Å². The average molecular weight is 695 g/mol. The first-order chi connectivity index (χ1) is 23.9. The molecule has 3 amide bonds. The second kappa shape index (κ2) is 14.7. The molecule has 4 aromatic rings. The SMILES string of the molecule is CC(C)(C)OC(=O)N1CCN(c2ccc(NC(=O)c3ccc(CN4C(=O)c5ccc(Cl)cc5CC(=O)[C@H]4Cc4ccccn4)cc3)nc2)CC1. The zero-order chi connectivity index (χ0) is 35.4. The van der Waals surface area contributed by atoms with Crippen molar-refractivity contribution >= 4 is 46.8 Å². The van der Waals surface area contributed by atoms with E-state index in [4.69, 9.17) is 16.3 Å². The Morgan fingerprint density at radius 1 is 0.940 bits per heavy atom. The first-order valence-corrected chi connectivity index (χ1v) is 16.9. The first kappa shape index (κ1) is 34.6. The zero-order valence-corrected chi connectivity index (χ0v) is 29.0. The number of hydrogen-bond donors (Lipinski definition) is 1. The molecular formula is C38H39ClN6O5. The first-order valence-electron chi connectivity index (χ1n) is 16.5. The molecule has 2 aromatic carbocycles. The number of aromatic nitrogens is 2. The van der Waals surface area contributed by atoms with Crippen molar-refractivity contribution in [2.75, 3.05) is 36.4 Å². The highest BCUT2D eigenvalue weighted by Crippen LogP contribution is 2.27. The Balaban J connectivity index is 1.10. The summed E-state index contributed by atoms with van der Waals surface area (Å²) in [6.45, 7) is 8.08. The van der Waals surface area contributed by atoms with Crippen LogP contribution in [0.25, 0.3) is 0 Å². The molecule has 1 saturated heterocycles. The van der Waals surface area contributed by atoms with Crippen molar-refractivity contribution in [2.24, 2.45) is 0 Å². The van der Waals surface area contributed by atoms with Gasteiger partial charge in [0.1, 0.15) is 11.4 Å². The fourth-order valence-electron chi connectivity index (χ4n) is 6.08. The standard InChI is InChI=1S/C38H39ClN6O5/c1-38(2,3)50-37(49)44-18-16-43(17-19-44)30-12-14-34(41-23-30)42-35(47)26-9-7-25(8-10-26)24-45-32(22-29-6-4-5-15-40-29)33(46)21-27-20-28(39)11-13-31(27)36(45)48/h4-15,20,23,32H,16-19,21-22,24H2,1-3H3,(H,41,42,47)/t32-/m1/s1. The van der Waals surface area contributed by atoms with Gasteiger partial charge in [0.15, 0.2) is 5.78 Å². The van der Waals surface area contributed by atoms with Crippen molar-refractivity contribution in [1.82, 2.24) is 19.8 Å². The maximum atomic E-state index is 13.9. The van der Waals surface area contributed by atoms with Crippen molar-refractivity contribution in [1.29, 1.82) is 0 Å². The van der Waals surface area contributed by atoms with Crippen LogP contribution in [0, 0.1) is 0 Å². The van der Waals surface area contributed by atoms with Gasteiger partial charge < -0.3 is 24.8 Å². The van der Waals surface area contributed by atoms with Crippen LogP contribution in [-0.4, -0.2) is 81.3 Å². The molecule has 1 N–H and O–H groups in total. The lowest BCUT2D eigenvalue weighted by atomic mass is 9.99. The molecule has 0 saturated carbocycles. The van der Waals surface area contributed by atoms with Gasteiger partial charge in [0, 0.05) is 73.6 Å². The number of anilines is 2. The molecule has 0 aliphatic carbocycles. The minimum absolute atomic E-state index is 0.0918. The summed E-state index contributed by atoms with van der Waals surface area (Å²) in [6.07, 6.45) is 3.43. The number of hydrogen-bond acceptors (Lipinski definition) is 8. The van der Waals surface area contributed by atoms with Crippen molar-refractivity contribution in [3.8, 4) is 0 Å². The maximum Gasteiger partial charge on any atom is 0.410 e. The van der Waals surface area contributed by atoms with Crippen LogP contribution in [0.15, 0.2) is 85.2 Å². The van der Waals surface area contributed by atoms with Crippen LogP contribution in [0.1, 0.15) is 58.3 Å². The molecular weight excluding hydrogens is 656 g/mol. The number of halogens is 1. The number of nitrogens with zero attached hydrogens (tertiary/aromatic N) is 5. The highest BCUT2D eigenvalue weighted by molar-refractivity contribution is 6.30. The Kier molecular flexibility index (Phi) is 10.1. The summed E-state index contributed by atoms with van der Waals surface area (Å²) in [7, 11) is 0. The normalized spacial score (nSPS) is 16.5. The molecule has 11 nitrogen and oxygen atoms in total. The number of carbonyl (C=O) groups is 4. The van der Waals surface area contributed by atoms with Crippen LogP contribution in [0.3, 0.4) is 0 Å². The third kappa shape index (κ3) is 8.28. The molecule has 0 bridgehead atoms. The largest absolute Gasteiger partial charge is 0.444 e. The van der Waals surface area contributed by atoms with E-state index in [-0.39, 0.29) is 43.1 Å². The maximum absolute atomic E-state index is 13.9. The van der Waals surface area contributed by atoms with E-state index in [0.717, 1.165) is 11.3 Å². The average Bonchev–Trinajstić information content (AvgIpc) is 3.18. The fourth-order valence-corrected chi connectivity index (χ4v) is 6.28. The topological polar surface area (TPSA) is 125 Å². The number of amides is 3. The Hall–Kier alpha value is -5.29. The smallest absolute Gasteiger partial charge is 0.410 e. The minimum atomic E-state index is -0.727. The summed E-state index contributed by atoms with van der Waals surface area (Å²) in [5.74, 6) is -0.282. The van der Waals surface area contributed by atoms with E-state index in [2.05, 4.69) is 20.2 Å².